The molecule has 3 N–H and O–H groups in total. The van der Waals surface area contributed by atoms with Gasteiger partial charge in [0.1, 0.15) is 11.2 Å². The number of carbonyl (C=O) groups is 1. The summed E-state index contributed by atoms with van der Waals surface area (Å²) in [6, 6.07) is 13.9. The SMILES string of the molecule is CC(=O)NCc1ccc(Cc2c[nH]c(=O)c3cc(-c4c[nH]c5ncccc45)cn23)cc1. The Labute approximate surface area is 177 Å². The number of nitrogens with zero attached hydrogens (tertiary/aromatic N) is 2. The van der Waals surface area contributed by atoms with Gasteiger partial charge >= 0.3 is 0 Å². The smallest absolute Gasteiger partial charge is 0.272 e. The zero-order valence-corrected chi connectivity index (χ0v) is 17.0. The van der Waals surface area contributed by atoms with E-state index in [1.54, 1.807) is 12.4 Å². The van der Waals surface area contributed by atoms with Gasteiger partial charge in [-0.3, -0.25) is 9.59 Å². The fourth-order valence-electron chi connectivity index (χ4n) is 3.86. The van der Waals surface area contributed by atoms with E-state index in [0.29, 0.717) is 18.5 Å². The number of carbonyl (C=O) groups excluding carboxylic acids is 1. The fourth-order valence-corrected chi connectivity index (χ4v) is 3.86. The van der Waals surface area contributed by atoms with Crippen LogP contribution in [0.1, 0.15) is 23.7 Å². The molecule has 154 valence electrons. The second-order valence-corrected chi connectivity index (χ2v) is 7.60. The summed E-state index contributed by atoms with van der Waals surface area (Å²) >= 11 is 0. The number of nitrogens with one attached hydrogen (secondary N) is 3. The Bertz CT molecular complexity index is 1460. The maximum atomic E-state index is 12.5. The summed E-state index contributed by atoms with van der Waals surface area (Å²) in [4.78, 5) is 34.0. The first-order valence-corrected chi connectivity index (χ1v) is 10.1. The molecule has 4 aromatic heterocycles. The number of hydrogen-bond acceptors (Lipinski definition) is 3. The number of amides is 1. The molecule has 0 aliphatic heterocycles. The summed E-state index contributed by atoms with van der Waals surface area (Å²) in [5.41, 5.74) is 6.41. The lowest BCUT2D eigenvalue weighted by atomic mass is 10.1. The lowest BCUT2D eigenvalue weighted by molar-refractivity contribution is -0.119. The summed E-state index contributed by atoms with van der Waals surface area (Å²) in [5.74, 6) is -0.0471. The van der Waals surface area contributed by atoms with Crippen molar-refractivity contribution in [3.05, 3.63) is 94.4 Å². The number of pyridine rings is 1. The number of fused-ring (bicyclic) bond motifs is 2. The van der Waals surface area contributed by atoms with E-state index in [1.165, 1.54) is 6.92 Å². The van der Waals surface area contributed by atoms with E-state index in [0.717, 1.165) is 39.0 Å². The predicted octanol–water partition coefficient (Wildman–Crippen LogP) is 3.40. The minimum atomic E-state index is -0.126. The third-order valence-electron chi connectivity index (χ3n) is 5.44. The molecule has 0 radical (unpaired) electrons. The van der Waals surface area contributed by atoms with Gasteiger partial charge in [0.25, 0.3) is 5.56 Å². The average Bonchev–Trinajstić information content (AvgIpc) is 3.40. The van der Waals surface area contributed by atoms with E-state index >= 15 is 0 Å². The summed E-state index contributed by atoms with van der Waals surface area (Å²) in [6.45, 7) is 2.02. The van der Waals surface area contributed by atoms with Crippen LogP contribution < -0.4 is 10.9 Å². The Morgan fingerprint density at radius 2 is 1.90 bits per heavy atom. The maximum absolute atomic E-state index is 12.5. The highest BCUT2D eigenvalue weighted by molar-refractivity contribution is 5.94. The molecule has 0 saturated heterocycles. The molecular weight excluding hydrogens is 390 g/mol. The third-order valence-corrected chi connectivity index (χ3v) is 5.44. The molecule has 0 fully saturated rings. The summed E-state index contributed by atoms with van der Waals surface area (Å²) in [5, 5.41) is 3.82. The summed E-state index contributed by atoms with van der Waals surface area (Å²) < 4.78 is 1.95. The molecule has 31 heavy (non-hydrogen) atoms. The van der Waals surface area contributed by atoms with Gasteiger partial charge < -0.3 is 19.7 Å². The zero-order chi connectivity index (χ0) is 21.4. The number of aromatic amines is 2. The highest BCUT2D eigenvalue weighted by Gasteiger charge is 2.13. The molecule has 0 atom stereocenters. The van der Waals surface area contributed by atoms with E-state index < -0.39 is 0 Å². The maximum Gasteiger partial charge on any atom is 0.272 e. The normalized spacial score (nSPS) is 11.3. The van der Waals surface area contributed by atoms with Crippen molar-refractivity contribution in [2.24, 2.45) is 0 Å². The summed E-state index contributed by atoms with van der Waals surface area (Å²) in [7, 11) is 0. The highest BCUT2D eigenvalue weighted by Crippen LogP contribution is 2.29. The molecule has 0 unspecified atom stereocenters. The van der Waals surface area contributed by atoms with Crippen LogP contribution in [-0.2, 0) is 17.8 Å². The molecule has 5 rings (SSSR count). The van der Waals surface area contributed by atoms with Crippen LogP contribution in [-0.4, -0.2) is 25.3 Å². The van der Waals surface area contributed by atoms with E-state index in [-0.39, 0.29) is 11.5 Å². The van der Waals surface area contributed by atoms with Crippen molar-refractivity contribution in [2.45, 2.75) is 19.9 Å². The van der Waals surface area contributed by atoms with Crippen LogP contribution in [0.4, 0.5) is 0 Å². The lowest BCUT2D eigenvalue weighted by Gasteiger charge is -2.07. The van der Waals surface area contributed by atoms with Crippen LogP contribution >= 0.6 is 0 Å². The third kappa shape index (κ3) is 3.61. The first kappa shape index (κ1) is 18.9. The Morgan fingerprint density at radius 1 is 1.10 bits per heavy atom. The second-order valence-electron chi connectivity index (χ2n) is 7.60. The van der Waals surface area contributed by atoms with Crippen LogP contribution in [0.3, 0.4) is 0 Å². The van der Waals surface area contributed by atoms with Gasteiger partial charge in [-0.2, -0.15) is 0 Å². The second kappa shape index (κ2) is 7.60. The molecular formula is C24H21N5O2. The predicted molar refractivity (Wildman–Crippen MR) is 120 cm³/mol. The molecule has 0 aliphatic rings. The highest BCUT2D eigenvalue weighted by atomic mass is 16.1. The van der Waals surface area contributed by atoms with Crippen molar-refractivity contribution < 1.29 is 4.79 Å². The molecule has 0 aliphatic carbocycles. The van der Waals surface area contributed by atoms with E-state index in [4.69, 9.17) is 0 Å². The van der Waals surface area contributed by atoms with Crippen molar-refractivity contribution in [1.29, 1.82) is 0 Å². The van der Waals surface area contributed by atoms with Gasteiger partial charge in [0.15, 0.2) is 0 Å². The van der Waals surface area contributed by atoms with Crippen molar-refractivity contribution in [1.82, 2.24) is 24.7 Å². The van der Waals surface area contributed by atoms with Gasteiger partial charge in [-0.1, -0.05) is 24.3 Å². The van der Waals surface area contributed by atoms with Gasteiger partial charge in [0, 0.05) is 66.9 Å². The zero-order valence-electron chi connectivity index (χ0n) is 17.0. The monoisotopic (exact) mass is 411 g/mol. The number of hydrogen-bond donors (Lipinski definition) is 3. The van der Waals surface area contributed by atoms with Crippen molar-refractivity contribution in [2.75, 3.05) is 0 Å². The van der Waals surface area contributed by atoms with E-state index in [2.05, 4.69) is 20.3 Å². The average molecular weight is 411 g/mol. The van der Waals surface area contributed by atoms with Crippen molar-refractivity contribution >= 4 is 22.5 Å². The van der Waals surface area contributed by atoms with Crippen LogP contribution in [0.2, 0.25) is 0 Å². The molecule has 5 aromatic rings. The van der Waals surface area contributed by atoms with Gasteiger partial charge in [0.2, 0.25) is 5.91 Å². The lowest BCUT2D eigenvalue weighted by Crippen LogP contribution is -2.18. The van der Waals surface area contributed by atoms with Gasteiger partial charge in [-0.25, -0.2) is 4.98 Å². The fraction of sp³-hybridized carbons (Fsp3) is 0.125. The van der Waals surface area contributed by atoms with Crippen molar-refractivity contribution in [3.8, 4) is 11.1 Å². The van der Waals surface area contributed by atoms with Crippen LogP contribution in [0, 0.1) is 0 Å². The van der Waals surface area contributed by atoms with Gasteiger partial charge in [-0.15, -0.1) is 0 Å². The van der Waals surface area contributed by atoms with Crippen molar-refractivity contribution in [3.63, 3.8) is 0 Å². The molecule has 1 amide bonds. The molecule has 7 nitrogen and oxygen atoms in total. The molecule has 0 saturated carbocycles. The number of aromatic nitrogens is 4. The Morgan fingerprint density at radius 3 is 2.71 bits per heavy atom. The quantitative estimate of drug-likeness (QED) is 0.414. The molecule has 7 heteroatoms. The Kier molecular flexibility index (Phi) is 4.63. The van der Waals surface area contributed by atoms with Crippen LogP contribution in [0.15, 0.2) is 72.0 Å². The van der Waals surface area contributed by atoms with E-state index in [1.807, 2.05) is 59.3 Å². The van der Waals surface area contributed by atoms with E-state index in [9.17, 15) is 9.59 Å². The minimum absolute atomic E-state index is 0.0471. The standard InChI is InChI=1S/C24H21N5O2/c1-15(30)26-11-17-6-4-16(5-7-17)9-19-12-28-24(31)22-10-18(14-29(19)22)21-13-27-23-20(21)3-2-8-25-23/h2-8,10,12-14H,9,11H2,1H3,(H,25,27)(H,26,30)(H,28,31). The largest absolute Gasteiger partial charge is 0.352 e. The van der Waals surface area contributed by atoms with Gasteiger partial charge in [-0.05, 0) is 29.3 Å². The molecule has 1 aromatic carbocycles. The number of H-pyrrole nitrogens is 2. The number of benzene rings is 1. The minimum Gasteiger partial charge on any atom is -0.352 e. The molecule has 4 heterocycles. The van der Waals surface area contributed by atoms with Gasteiger partial charge in [0.05, 0.1) is 0 Å². The topological polar surface area (TPSA) is 95.0 Å². The summed E-state index contributed by atoms with van der Waals surface area (Å²) in [6.07, 6.45) is 8.11. The van der Waals surface area contributed by atoms with Crippen LogP contribution in [0.25, 0.3) is 27.7 Å². The Hall–Kier alpha value is -4.13. The van der Waals surface area contributed by atoms with Crippen LogP contribution in [0.5, 0.6) is 0 Å². The molecule has 0 spiro atoms. The molecule has 0 bridgehead atoms. The number of rotatable bonds is 5. The first-order valence-electron chi connectivity index (χ1n) is 10.1. The Balaban J connectivity index is 1.49. The first-order chi connectivity index (χ1) is 15.1.